The van der Waals surface area contributed by atoms with Crippen LogP contribution in [-0.2, 0) is 14.3 Å². The van der Waals surface area contributed by atoms with Crippen molar-refractivity contribution in [3.8, 4) is 0 Å². The van der Waals surface area contributed by atoms with E-state index < -0.39 is 24.1 Å². The van der Waals surface area contributed by atoms with E-state index in [0.717, 1.165) is 0 Å². The van der Waals surface area contributed by atoms with E-state index in [4.69, 9.17) is 20.4 Å². The van der Waals surface area contributed by atoms with Crippen molar-refractivity contribution < 1.29 is 34.8 Å². The second-order valence-electron chi connectivity index (χ2n) is 1.97. The molecule has 0 saturated carbocycles. The van der Waals surface area contributed by atoms with Gasteiger partial charge in [0.2, 0.25) is 0 Å². The molecule has 13 heavy (non-hydrogen) atoms. The summed E-state index contributed by atoms with van der Waals surface area (Å²) in [6.07, 6.45) is -4.53. The van der Waals surface area contributed by atoms with Gasteiger partial charge in [-0.05, 0) is 0 Å². The highest BCUT2D eigenvalue weighted by Crippen LogP contribution is 1.92. The Morgan fingerprint density at radius 3 is 1.23 bits per heavy atom. The van der Waals surface area contributed by atoms with Crippen LogP contribution in [0, 0.1) is 0 Å². The average Bonchev–Trinajstić information content (AvgIpc) is 2.03. The lowest BCUT2D eigenvalue weighted by molar-refractivity contribution is -0.165. The number of aliphatic hydroxyl groups excluding tert-OH is 2. The number of carboxylic acid groups (broad SMARTS) is 2. The number of carbonyl (C=O) groups is 2. The van der Waals surface area contributed by atoms with Gasteiger partial charge in [0.15, 0.2) is 12.2 Å². The highest BCUT2D eigenvalue weighted by molar-refractivity contribution is 5.82. The fraction of sp³-hybridized carbons (Fsp3) is 0.667. The Morgan fingerprint density at radius 1 is 1.00 bits per heavy atom. The van der Waals surface area contributed by atoms with Crippen molar-refractivity contribution in [1.29, 1.82) is 0 Å². The third-order valence-electron chi connectivity index (χ3n) is 0.805. The molecule has 7 nitrogen and oxygen atoms in total. The molecule has 0 heterocycles. The molecule has 7 heteroatoms. The molecule has 0 radical (unpaired) electrons. The van der Waals surface area contributed by atoms with Crippen LogP contribution in [0.5, 0.6) is 0 Å². The SMILES string of the molecule is COC.O=C(O)C(O)C(O)C(=O)O. The van der Waals surface area contributed by atoms with Gasteiger partial charge in [-0.15, -0.1) is 0 Å². The standard InChI is InChI=1S/C4H6O6.C2H6O/c5-1(3(7)8)2(6)4(9)10;1-3-2/h1-2,5-6H,(H,7,8)(H,9,10);1-2H3. The number of hydrogen-bond donors (Lipinski definition) is 4. The van der Waals surface area contributed by atoms with E-state index in [1.54, 1.807) is 14.2 Å². The molecule has 0 aliphatic heterocycles. The predicted octanol–water partition coefficient (Wildman–Crippen LogP) is -1.86. The molecule has 0 rings (SSSR count). The Balaban J connectivity index is 0. The second kappa shape index (κ2) is 7.47. The summed E-state index contributed by atoms with van der Waals surface area (Å²) in [5.41, 5.74) is 0. The lowest BCUT2D eigenvalue weighted by Gasteiger charge is -2.07. The molecule has 4 N–H and O–H groups in total. The number of ether oxygens (including phenoxy) is 1. The second-order valence-corrected chi connectivity index (χ2v) is 1.97. The number of methoxy groups -OCH3 is 1. The quantitative estimate of drug-likeness (QED) is 0.417. The molecular formula is C6H12O7. The summed E-state index contributed by atoms with van der Waals surface area (Å²) in [6, 6.07) is 0. The van der Waals surface area contributed by atoms with Crippen molar-refractivity contribution >= 4 is 11.9 Å². The molecule has 0 aromatic heterocycles. The van der Waals surface area contributed by atoms with Crippen LogP contribution in [0.4, 0.5) is 0 Å². The molecule has 2 unspecified atom stereocenters. The van der Waals surface area contributed by atoms with Crippen LogP contribution in [0.1, 0.15) is 0 Å². The van der Waals surface area contributed by atoms with Gasteiger partial charge < -0.3 is 25.2 Å². The summed E-state index contributed by atoms with van der Waals surface area (Å²) in [4.78, 5) is 19.5. The van der Waals surface area contributed by atoms with Crippen LogP contribution in [-0.4, -0.2) is 58.8 Å². The summed E-state index contributed by atoms with van der Waals surface area (Å²) in [5, 5.41) is 32.5. The first kappa shape index (κ1) is 14.3. The molecule has 0 saturated heterocycles. The van der Waals surface area contributed by atoms with Crippen LogP contribution in [0.25, 0.3) is 0 Å². The van der Waals surface area contributed by atoms with E-state index in [9.17, 15) is 9.59 Å². The lowest BCUT2D eigenvalue weighted by atomic mass is 10.2. The first-order valence-corrected chi connectivity index (χ1v) is 3.10. The third-order valence-corrected chi connectivity index (χ3v) is 0.805. The first-order valence-electron chi connectivity index (χ1n) is 3.10. The molecule has 0 aliphatic carbocycles. The van der Waals surface area contributed by atoms with Crippen molar-refractivity contribution in [1.82, 2.24) is 0 Å². The van der Waals surface area contributed by atoms with Gasteiger partial charge in [-0.25, -0.2) is 9.59 Å². The van der Waals surface area contributed by atoms with Gasteiger partial charge >= 0.3 is 11.9 Å². The van der Waals surface area contributed by atoms with E-state index in [1.165, 1.54) is 0 Å². The number of aliphatic carboxylic acids is 2. The molecule has 0 bridgehead atoms. The Labute approximate surface area is 74.2 Å². The van der Waals surface area contributed by atoms with Crippen molar-refractivity contribution in [2.24, 2.45) is 0 Å². The van der Waals surface area contributed by atoms with Crippen LogP contribution in [0.3, 0.4) is 0 Å². The normalized spacial score (nSPS) is 13.5. The van der Waals surface area contributed by atoms with Crippen molar-refractivity contribution in [3.63, 3.8) is 0 Å². The molecule has 0 spiro atoms. The van der Waals surface area contributed by atoms with Gasteiger partial charge in [0.1, 0.15) is 0 Å². The number of aliphatic hydroxyl groups is 2. The van der Waals surface area contributed by atoms with Gasteiger partial charge in [-0.2, -0.15) is 0 Å². The van der Waals surface area contributed by atoms with Crippen molar-refractivity contribution in [2.75, 3.05) is 14.2 Å². The summed E-state index contributed by atoms with van der Waals surface area (Å²) in [5.74, 6) is -3.54. The predicted molar refractivity (Wildman–Crippen MR) is 40.2 cm³/mol. The zero-order chi connectivity index (χ0) is 11.0. The minimum atomic E-state index is -2.27. The Morgan fingerprint density at radius 2 is 1.15 bits per heavy atom. The third kappa shape index (κ3) is 7.19. The highest BCUT2D eigenvalue weighted by Gasteiger charge is 2.29. The maximum Gasteiger partial charge on any atom is 0.335 e. The largest absolute Gasteiger partial charge is 0.479 e. The van der Waals surface area contributed by atoms with Gasteiger partial charge in [0, 0.05) is 14.2 Å². The molecule has 0 amide bonds. The van der Waals surface area contributed by atoms with Gasteiger partial charge in [0.25, 0.3) is 0 Å². The lowest BCUT2D eigenvalue weighted by Crippen LogP contribution is -2.39. The molecule has 0 fully saturated rings. The molecular weight excluding hydrogens is 184 g/mol. The Kier molecular flexibility index (Phi) is 8.24. The van der Waals surface area contributed by atoms with Crippen LogP contribution in [0.15, 0.2) is 0 Å². The van der Waals surface area contributed by atoms with Gasteiger partial charge in [0.05, 0.1) is 0 Å². The average molecular weight is 196 g/mol. The molecule has 78 valence electrons. The van der Waals surface area contributed by atoms with Crippen LogP contribution in [0.2, 0.25) is 0 Å². The molecule has 0 aromatic carbocycles. The van der Waals surface area contributed by atoms with E-state index in [-0.39, 0.29) is 0 Å². The van der Waals surface area contributed by atoms with Crippen molar-refractivity contribution in [3.05, 3.63) is 0 Å². The van der Waals surface area contributed by atoms with Crippen molar-refractivity contribution in [2.45, 2.75) is 12.2 Å². The summed E-state index contributed by atoms with van der Waals surface area (Å²) < 4.78 is 4.25. The fourth-order valence-corrected chi connectivity index (χ4v) is 0.270. The van der Waals surface area contributed by atoms with Gasteiger partial charge in [-0.3, -0.25) is 0 Å². The van der Waals surface area contributed by atoms with E-state index in [0.29, 0.717) is 0 Å². The van der Waals surface area contributed by atoms with Crippen LogP contribution < -0.4 is 0 Å². The maximum atomic E-state index is 9.77. The number of rotatable bonds is 3. The van der Waals surface area contributed by atoms with Crippen LogP contribution >= 0.6 is 0 Å². The maximum absolute atomic E-state index is 9.77. The minimum Gasteiger partial charge on any atom is -0.479 e. The first-order chi connectivity index (χ1) is 5.88. The minimum absolute atomic E-state index is 1.62. The molecule has 0 aliphatic rings. The van der Waals surface area contributed by atoms with Gasteiger partial charge in [-0.1, -0.05) is 0 Å². The smallest absolute Gasteiger partial charge is 0.335 e. The van der Waals surface area contributed by atoms with E-state index in [2.05, 4.69) is 4.74 Å². The number of carboxylic acids is 2. The Bertz CT molecular complexity index is 148. The zero-order valence-corrected chi connectivity index (χ0v) is 7.17. The highest BCUT2D eigenvalue weighted by atomic mass is 16.5. The zero-order valence-electron chi connectivity index (χ0n) is 7.17. The summed E-state index contributed by atoms with van der Waals surface area (Å²) in [7, 11) is 3.25. The fourth-order valence-electron chi connectivity index (χ4n) is 0.270. The number of hydrogen-bond acceptors (Lipinski definition) is 5. The monoisotopic (exact) mass is 196 g/mol. The van der Waals surface area contributed by atoms with E-state index >= 15 is 0 Å². The summed E-state index contributed by atoms with van der Waals surface area (Å²) in [6.45, 7) is 0. The topological polar surface area (TPSA) is 124 Å². The summed E-state index contributed by atoms with van der Waals surface area (Å²) >= 11 is 0. The molecule has 2 atom stereocenters. The molecule has 0 aromatic rings. The Hall–Kier alpha value is -1.18. The van der Waals surface area contributed by atoms with E-state index in [1.807, 2.05) is 0 Å².